The van der Waals surface area contributed by atoms with E-state index in [9.17, 15) is 9.59 Å². The average Bonchev–Trinajstić information content (AvgIpc) is 2.86. The first kappa shape index (κ1) is 22.0. The Balaban J connectivity index is 1.61. The zero-order valence-corrected chi connectivity index (χ0v) is 18.5. The first-order valence-electron chi connectivity index (χ1n) is 10.8. The number of benzene rings is 3. The van der Waals surface area contributed by atoms with Gasteiger partial charge in [0.05, 0.1) is 20.2 Å². The second-order valence-electron chi connectivity index (χ2n) is 7.79. The van der Waals surface area contributed by atoms with Crippen LogP contribution in [-0.2, 0) is 9.59 Å². The molecule has 0 spiro atoms. The Morgan fingerprint density at radius 2 is 1.27 bits per heavy atom. The van der Waals surface area contributed by atoms with Gasteiger partial charge in [0.2, 0.25) is 5.91 Å². The summed E-state index contributed by atoms with van der Waals surface area (Å²) in [6.45, 7) is 0.539. The van der Waals surface area contributed by atoms with Gasteiger partial charge in [-0.2, -0.15) is 0 Å². The summed E-state index contributed by atoms with van der Waals surface area (Å²) in [5, 5.41) is 0. The Labute approximate surface area is 194 Å². The number of hydrogen-bond acceptors (Lipinski definition) is 3. The minimum absolute atomic E-state index is 0.0223. The van der Waals surface area contributed by atoms with Crippen LogP contribution < -0.4 is 4.74 Å². The third kappa shape index (κ3) is 5.74. The van der Waals surface area contributed by atoms with Gasteiger partial charge in [-0.05, 0) is 47.1 Å². The fourth-order valence-electron chi connectivity index (χ4n) is 3.68. The normalized spacial score (nSPS) is 16.5. The summed E-state index contributed by atoms with van der Waals surface area (Å²) in [6.07, 6.45) is 7.07. The molecule has 164 valence electrons. The Kier molecular flexibility index (Phi) is 6.96. The standard InChI is InChI=1S/C29H25NO3/c1-33-27-15-12-22(13-16-27)14-17-28(31)30-20-25(18-23-8-4-2-5-9-23)29(32)26(21-30)19-24-10-6-3-7-11-24/h2-19H,20-21H2,1H3/b17-14+,25-18+,26-19+. The van der Waals surface area contributed by atoms with Gasteiger partial charge in [-0.25, -0.2) is 0 Å². The van der Waals surface area contributed by atoms with Crippen molar-refractivity contribution in [2.24, 2.45) is 0 Å². The number of carbonyl (C=O) groups is 2. The number of amides is 1. The number of likely N-dealkylation sites (tertiary alicyclic amines) is 1. The van der Waals surface area contributed by atoms with Crippen molar-refractivity contribution in [3.63, 3.8) is 0 Å². The fraction of sp³-hybridized carbons (Fsp3) is 0.103. The van der Waals surface area contributed by atoms with E-state index in [2.05, 4.69) is 0 Å². The number of nitrogens with zero attached hydrogens (tertiary/aromatic N) is 1. The molecule has 33 heavy (non-hydrogen) atoms. The lowest BCUT2D eigenvalue weighted by Gasteiger charge is -2.29. The maximum absolute atomic E-state index is 13.2. The number of ketones is 1. The van der Waals surface area contributed by atoms with Crippen molar-refractivity contribution < 1.29 is 14.3 Å². The largest absolute Gasteiger partial charge is 0.497 e. The molecule has 0 saturated carbocycles. The summed E-state index contributed by atoms with van der Waals surface area (Å²) in [5.74, 6) is 0.599. The van der Waals surface area contributed by atoms with Crippen molar-refractivity contribution in [3.8, 4) is 5.75 Å². The second-order valence-corrected chi connectivity index (χ2v) is 7.79. The third-order valence-corrected chi connectivity index (χ3v) is 5.43. The summed E-state index contributed by atoms with van der Waals surface area (Å²) in [7, 11) is 1.62. The van der Waals surface area contributed by atoms with Gasteiger partial charge in [-0.3, -0.25) is 9.59 Å². The molecule has 1 fully saturated rings. The van der Waals surface area contributed by atoms with Crippen LogP contribution >= 0.6 is 0 Å². The van der Waals surface area contributed by atoms with Gasteiger partial charge in [0, 0.05) is 17.2 Å². The highest BCUT2D eigenvalue weighted by Crippen LogP contribution is 2.23. The van der Waals surface area contributed by atoms with Crippen LogP contribution in [0.2, 0.25) is 0 Å². The van der Waals surface area contributed by atoms with Crippen molar-refractivity contribution in [1.82, 2.24) is 4.90 Å². The smallest absolute Gasteiger partial charge is 0.247 e. The van der Waals surface area contributed by atoms with Crippen LogP contribution in [0.4, 0.5) is 0 Å². The molecule has 3 aromatic carbocycles. The van der Waals surface area contributed by atoms with E-state index < -0.39 is 0 Å². The highest BCUT2D eigenvalue weighted by atomic mass is 16.5. The maximum atomic E-state index is 13.2. The van der Waals surface area contributed by atoms with Gasteiger partial charge in [-0.15, -0.1) is 0 Å². The van der Waals surface area contributed by atoms with Gasteiger partial charge < -0.3 is 9.64 Å². The monoisotopic (exact) mass is 435 g/mol. The van der Waals surface area contributed by atoms with E-state index in [0.29, 0.717) is 11.1 Å². The Morgan fingerprint density at radius 3 is 1.76 bits per heavy atom. The van der Waals surface area contributed by atoms with Crippen LogP contribution in [0.3, 0.4) is 0 Å². The van der Waals surface area contributed by atoms with E-state index in [0.717, 1.165) is 22.4 Å². The number of methoxy groups -OCH3 is 1. The predicted octanol–water partition coefficient (Wildman–Crippen LogP) is 5.29. The quantitative estimate of drug-likeness (QED) is 0.512. The molecule has 0 N–H and O–H groups in total. The molecule has 1 aliphatic rings. The van der Waals surface area contributed by atoms with Crippen molar-refractivity contribution >= 4 is 29.9 Å². The summed E-state index contributed by atoms with van der Waals surface area (Å²) in [6, 6.07) is 26.9. The zero-order valence-electron chi connectivity index (χ0n) is 18.5. The second kappa shape index (κ2) is 10.4. The lowest BCUT2D eigenvalue weighted by Crippen LogP contribution is -2.40. The average molecular weight is 436 g/mol. The number of ether oxygens (including phenoxy) is 1. The summed E-state index contributed by atoms with van der Waals surface area (Å²) in [5.41, 5.74) is 3.96. The van der Waals surface area contributed by atoms with E-state index in [4.69, 9.17) is 4.74 Å². The van der Waals surface area contributed by atoms with Crippen molar-refractivity contribution in [3.05, 3.63) is 119 Å². The lowest BCUT2D eigenvalue weighted by atomic mass is 9.94. The summed E-state index contributed by atoms with van der Waals surface area (Å²) < 4.78 is 5.18. The molecule has 1 saturated heterocycles. The van der Waals surface area contributed by atoms with Crippen LogP contribution in [-0.4, -0.2) is 36.8 Å². The molecule has 4 rings (SSSR count). The minimum Gasteiger partial charge on any atom is -0.497 e. The first-order chi connectivity index (χ1) is 16.1. The Morgan fingerprint density at radius 1 is 0.758 bits per heavy atom. The van der Waals surface area contributed by atoms with Crippen LogP contribution in [0.15, 0.2) is 102 Å². The summed E-state index contributed by atoms with van der Waals surface area (Å²) in [4.78, 5) is 28.0. The molecular weight excluding hydrogens is 410 g/mol. The molecule has 1 aliphatic heterocycles. The first-order valence-corrected chi connectivity index (χ1v) is 10.8. The van der Waals surface area contributed by atoms with E-state index in [-0.39, 0.29) is 24.8 Å². The molecular formula is C29H25NO3. The van der Waals surface area contributed by atoms with Crippen molar-refractivity contribution in [2.45, 2.75) is 0 Å². The SMILES string of the molecule is COc1ccc(/C=C/C(=O)N2C/C(=C\c3ccccc3)C(=O)/C(=C/c3ccccc3)C2)cc1. The molecule has 3 aromatic rings. The molecule has 0 atom stereocenters. The van der Waals surface area contributed by atoms with E-state index in [1.165, 1.54) is 0 Å². The summed E-state index contributed by atoms with van der Waals surface area (Å²) >= 11 is 0. The molecule has 4 heteroatoms. The molecule has 0 aliphatic carbocycles. The number of hydrogen-bond donors (Lipinski definition) is 0. The fourth-order valence-corrected chi connectivity index (χ4v) is 3.68. The van der Waals surface area contributed by atoms with Crippen LogP contribution in [0.25, 0.3) is 18.2 Å². The molecule has 0 aromatic heterocycles. The number of carbonyl (C=O) groups excluding carboxylic acids is 2. The van der Waals surface area contributed by atoms with Crippen molar-refractivity contribution in [2.75, 3.05) is 20.2 Å². The highest BCUT2D eigenvalue weighted by Gasteiger charge is 2.28. The van der Waals surface area contributed by atoms with Crippen LogP contribution in [0.1, 0.15) is 16.7 Å². The van der Waals surface area contributed by atoms with E-state index >= 15 is 0 Å². The molecule has 1 heterocycles. The molecule has 4 nitrogen and oxygen atoms in total. The molecule has 0 bridgehead atoms. The van der Waals surface area contributed by atoms with Gasteiger partial charge in [0.25, 0.3) is 0 Å². The topological polar surface area (TPSA) is 46.6 Å². The Bertz CT molecular complexity index is 1150. The van der Waals surface area contributed by atoms with Gasteiger partial charge in [0.15, 0.2) is 5.78 Å². The van der Waals surface area contributed by atoms with Crippen LogP contribution in [0, 0.1) is 0 Å². The van der Waals surface area contributed by atoms with Gasteiger partial charge in [0.1, 0.15) is 5.75 Å². The molecule has 0 radical (unpaired) electrons. The number of rotatable bonds is 5. The van der Waals surface area contributed by atoms with Crippen molar-refractivity contribution in [1.29, 1.82) is 0 Å². The Hall–Kier alpha value is -4.18. The highest BCUT2D eigenvalue weighted by molar-refractivity contribution is 6.15. The lowest BCUT2D eigenvalue weighted by molar-refractivity contribution is -0.126. The predicted molar refractivity (Wildman–Crippen MR) is 132 cm³/mol. The number of Topliss-reactive ketones (excluding diaryl/α,β-unsaturated/α-hetero) is 1. The van der Waals surface area contributed by atoms with Gasteiger partial charge >= 0.3 is 0 Å². The molecule has 0 unspecified atom stereocenters. The zero-order chi connectivity index (χ0) is 23.0. The van der Waals surface area contributed by atoms with E-state index in [1.807, 2.05) is 97.1 Å². The maximum Gasteiger partial charge on any atom is 0.247 e. The number of piperidine rings is 1. The molecule has 1 amide bonds. The third-order valence-electron chi connectivity index (χ3n) is 5.43. The van der Waals surface area contributed by atoms with Gasteiger partial charge in [-0.1, -0.05) is 72.8 Å². The minimum atomic E-state index is -0.142. The van der Waals surface area contributed by atoms with Crippen LogP contribution in [0.5, 0.6) is 5.75 Å². The van der Waals surface area contributed by atoms with E-state index in [1.54, 1.807) is 24.2 Å².